The second kappa shape index (κ2) is 14.0. The summed E-state index contributed by atoms with van der Waals surface area (Å²) in [6, 6.07) is 0. The highest BCUT2D eigenvalue weighted by Crippen LogP contribution is 2.30. The summed E-state index contributed by atoms with van der Waals surface area (Å²) in [5.74, 6) is -0.375. The number of hydrogen-bond donors (Lipinski definition) is 0. The minimum atomic E-state index is -0.375. The summed E-state index contributed by atoms with van der Waals surface area (Å²) in [4.78, 5) is 0. The van der Waals surface area contributed by atoms with E-state index in [4.69, 9.17) is 9.47 Å². The molecule has 150 valence electrons. The first kappa shape index (κ1) is 23.0. The van der Waals surface area contributed by atoms with Crippen molar-refractivity contribution in [3.05, 3.63) is 0 Å². The summed E-state index contributed by atoms with van der Waals surface area (Å²) < 4.78 is 11.8. The van der Waals surface area contributed by atoms with Gasteiger partial charge in [-0.2, -0.15) is 0 Å². The summed E-state index contributed by atoms with van der Waals surface area (Å²) in [6.07, 6.45) is 23.0. The molecule has 0 bridgehead atoms. The van der Waals surface area contributed by atoms with Crippen LogP contribution < -0.4 is 0 Å². The topological polar surface area (TPSA) is 18.5 Å². The Bertz CT molecular complexity index is 300. The normalized spacial score (nSPS) is 22.6. The van der Waals surface area contributed by atoms with Crippen molar-refractivity contribution in [3.8, 4) is 0 Å². The maximum atomic E-state index is 5.96. The lowest BCUT2D eigenvalue weighted by Gasteiger charge is -2.16. The van der Waals surface area contributed by atoms with E-state index >= 15 is 0 Å². The Balaban J connectivity index is 1.76. The van der Waals surface area contributed by atoms with Gasteiger partial charge in [0, 0.05) is 0 Å². The lowest BCUT2D eigenvalue weighted by molar-refractivity contribution is -0.145. The maximum absolute atomic E-state index is 5.96. The molecule has 0 unspecified atom stereocenters. The third-order valence-electron chi connectivity index (χ3n) is 5.52. The lowest BCUT2D eigenvalue weighted by atomic mass is 10.0. The largest absolute Gasteiger partial charge is 0.345 e. The van der Waals surface area contributed by atoms with Crippen LogP contribution in [0.2, 0.25) is 0 Å². The van der Waals surface area contributed by atoms with Crippen molar-refractivity contribution in [3.63, 3.8) is 0 Å². The van der Waals surface area contributed by atoms with Crippen LogP contribution >= 0.6 is 0 Å². The molecule has 0 spiro atoms. The van der Waals surface area contributed by atoms with E-state index in [1.807, 2.05) is 13.8 Å². The molecule has 0 radical (unpaired) electrons. The molecule has 1 aliphatic rings. The highest BCUT2D eigenvalue weighted by molar-refractivity contribution is 4.78. The first-order valence-electron chi connectivity index (χ1n) is 11.4. The van der Waals surface area contributed by atoms with Crippen molar-refractivity contribution in [2.75, 3.05) is 0 Å². The van der Waals surface area contributed by atoms with Crippen LogP contribution in [0, 0.1) is 0 Å². The average molecular weight is 355 g/mol. The fraction of sp³-hybridized carbons (Fsp3) is 1.00. The van der Waals surface area contributed by atoms with Gasteiger partial charge in [-0.3, -0.25) is 0 Å². The van der Waals surface area contributed by atoms with Crippen LogP contribution in [0.1, 0.15) is 130 Å². The standard InChI is InChI=1S/C23H46O2/c1-5-6-7-8-9-10-11-12-13-14-15-16-17-18-19-20-22-21(2)24-23(3,4)25-22/h21-22H,5-20H2,1-4H3/t21-,22+/m1/s1. The summed E-state index contributed by atoms with van der Waals surface area (Å²) in [7, 11) is 0. The van der Waals surface area contributed by atoms with Gasteiger partial charge in [-0.1, -0.05) is 103 Å². The van der Waals surface area contributed by atoms with E-state index in [2.05, 4.69) is 13.8 Å². The van der Waals surface area contributed by atoms with Gasteiger partial charge >= 0.3 is 0 Å². The van der Waals surface area contributed by atoms with Crippen LogP contribution in [-0.2, 0) is 9.47 Å². The van der Waals surface area contributed by atoms with Crippen LogP contribution in [0.15, 0.2) is 0 Å². The van der Waals surface area contributed by atoms with Crippen LogP contribution in [0.5, 0.6) is 0 Å². The molecular formula is C23H46O2. The Morgan fingerprint density at radius 1 is 0.600 bits per heavy atom. The molecule has 2 heteroatoms. The minimum absolute atomic E-state index is 0.252. The molecule has 2 atom stereocenters. The smallest absolute Gasteiger partial charge is 0.163 e. The highest BCUT2D eigenvalue weighted by atomic mass is 16.7. The van der Waals surface area contributed by atoms with Crippen molar-refractivity contribution in [2.24, 2.45) is 0 Å². The minimum Gasteiger partial charge on any atom is -0.345 e. The van der Waals surface area contributed by atoms with Gasteiger partial charge in [0.2, 0.25) is 0 Å². The summed E-state index contributed by atoms with van der Waals surface area (Å²) in [5.41, 5.74) is 0. The van der Waals surface area contributed by atoms with Crippen LogP contribution in [0.25, 0.3) is 0 Å². The fourth-order valence-corrected chi connectivity index (χ4v) is 4.02. The van der Waals surface area contributed by atoms with Gasteiger partial charge in [0.25, 0.3) is 0 Å². The van der Waals surface area contributed by atoms with E-state index in [9.17, 15) is 0 Å². The third-order valence-corrected chi connectivity index (χ3v) is 5.52. The SMILES string of the molecule is CCCCCCCCCCCCCCCCC[C@@H]1OC(C)(C)O[C@@H]1C. The number of ether oxygens (including phenoxy) is 2. The molecule has 0 aromatic carbocycles. The molecule has 1 aliphatic heterocycles. The first-order chi connectivity index (χ1) is 12.0. The van der Waals surface area contributed by atoms with Crippen molar-refractivity contribution >= 4 is 0 Å². The monoisotopic (exact) mass is 354 g/mol. The Labute approximate surface area is 158 Å². The maximum Gasteiger partial charge on any atom is 0.163 e. The molecule has 0 amide bonds. The van der Waals surface area contributed by atoms with Gasteiger partial charge in [-0.25, -0.2) is 0 Å². The van der Waals surface area contributed by atoms with E-state index in [0.29, 0.717) is 6.10 Å². The Morgan fingerprint density at radius 3 is 1.36 bits per heavy atom. The zero-order valence-corrected chi connectivity index (χ0v) is 17.8. The molecule has 2 nitrogen and oxygen atoms in total. The van der Waals surface area contributed by atoms with Crippen molar-refractivity contribution < 1.29 is 9.47 Å². The molecule has 1 saturated heterocycles. The molecule has 0 N–H and O–H groups in total. The van der Waals surface area contributed by atoms with Gasteiger partial charge < -0.3 is 9.47 Å². The molecule has 0 saturated carbocycles. The van der Waals surface area contributed by atoms with E-state index < -0.39 is 0 Å². The third kappa shape index (κ3) is 12.0. The zero-order chi connectivity index (χ0) is 18.4. The van der Waals surface area contributed by atoms with Crippen LogP contribution in [0.4, 0.5) is 0 Å². The fourth-order valence-electron chi connectivity index (χ4n) is 4.02. The van der Waals surface area contributed by atoms with Gasteiger partial charge in [-0.15, -0.1) is 0 Å². The van der Waals surface area contributed by atoms with E-state index in [-0.39, 0.29) is 11.9 Å². The molecule has 1 fully saturated rings. The number of unbranched alkanes of at least 4 members (excludes halogenated alkanes) is 14. The molecule has 0 aromatic rings. The number of rotatable bonds is 16. The molecule has 0 aromatic heterocycles. The predicted molar refractivity (Wildman–Crippen MR) is 109 cm³/mol. The van der Waals surface area contributed by atoms with Crippen molar-refractivity contribution in [1.29, 1.82) is 0 Å². The van der Waals surface area contributed by atoms with Crippen LogP contribution in [-0.4, -0.2) is 18.0 Å². The Morgan fingerprint density at radius 2 is 1.00 bits per heavy atom. The second-order valence-electron chi connectivity index (χ2n) is 8.62. The Kier molecular flexibility index (Phi) is 12.9. The highest BCUT2D eigenvalue weighted by Gasteiger charge is 2.37. The summed E-state index contributed by atoms with van der Waals surface area (Å²) >= 11 is 0. The summed E-state index contributed by atoms with van der Waals surface area (Å²) in [5, 5.41) is 0. The number of hydrogen-bond acceptors (Lipinski definition) is 2. The van der Waals surface area contributed by atoms with Gasteiger partial charge in [0.1, 0.15) is 0 Å². The molecule has 1 rings (SSSR count). The average Bonchev–Trinajstić information content (AvgIpc) is 2.83. The molecular weight excluding hydrogens is 308 g/mol. The van der Waals surface area contributed by atoms with Gasteiger partial charge in [0.05, 0.1) is 12.2 Å². The first-order valence-corrected chi connectivity index (χ1v) is 11.4. The molecule has 0 aliphatic carbocycles. The van der Waals surface area contributed by atoms with Crippen LogP contribution in [0.3, 0.4) is 0 Å². The van der Waals surface area contributed by atoms with Gasteiger partial charge in [0.15, 0.2) is 5.79 Å². The molecule has 1 heterocycles. The van der Waals surface area contributed by atoms with E-state index in [0.717, 1.165) is 6.42 Å². The second-order valence-corrected chi connectivity index (χ2v) is 8.62. The summed E-state index contributed by atoms with van der Waals surface area (Å²) in [6.45, 7) is 8.48. The lowest BCUT2D eigenvalue weighted by Crippen LogP contribution is -2.21. The van der Waals surface area contributed by atoms with E-state index in [1.54, 1.807) is 0 Å². The predicted octanol–water partition coefficient (Wildman–Crippen LogP) is 7.79. The van der Waals surface area contributed by atoms with E-state index in [1.165, 1.54) is 96.3 Å². The zero-order valence-electron chi connectivity index (χ0n) is 17.8. The quantitative estimate of drug-likeness (QED) is 0.263. The van der Waals surface area contributed by atoms with Crippen molar-refractivity contribution in [2.45, 2.75) is 148 Å². The van der Waals surface area contributed by atoms with Crippen molar-refractivity contribution in [1.82, 2.24) is 0 Å². The molecule has 25 heavy (non-hydrogen) atoms. The Hall–Kier alpha value is -0.0800. The van der Waals surface area contributed by atoms with Gasteiger partial charge in [-0.05, 0) is 27.2 Å².